The molecule has 0 radical (unpaired) electrons. The Morgan fingerprint density at radius 3 is 2.03 bits per heavy atom. The fourth-order valence-electron chi connectivity index (χ4n) is 5.38. The molecule has 0 heteroatoms. The molecule has 0 nitrogen and oxygen atoms in total. The first-order valence-corrected chi connectivity index (χ1v) is 11.1. The number of hydrogen-bond donors (Lipinski definition) is 0. The smallest absolute Gasteiger partial charge is 0.0616 e. The summed E-state index contributed by atoms with van der Waals surface area (Å²) in [6, 6.07) is 15.4. The maximum Gasteiger partial charge on any atom is 0.0636 e. The Bertz CT molecular complexity index is 2590. The average molecular weight is 439 g/mol. The van der Waals surface area contributed by atoms with Crippen LogP contribution < -0.4 is 0 Å². The van der Waals surface area contributed by atoms with Gasteiger partial charge in [0.2, 0.25) is 0 Å². The highest BCUT2D eigenvalue weighted by Gasteiger charge is 2.17. The van der Waals surface area contributed by atoms with E-state index in [1.54, 1.807) is 0 Å². The van der Waals surface area contributed by atoms with Gasteiger partial charge in [-0.1, -0.05) is 115 Å². The lowest BCUT2D eigenvalue weighted by molar-refractivity contribution is 1.73. The Balaban J connectivity index is 1.76. The second-order valence-corrected chi connectivity index (χ2v) is 8.55. The van der Waals surface area contributed by atoms with Crippen molar-refractivity contribution in [2.45, 2.75) is 0 Å². The highest BCUT2D eigenvalue weighted by atomic mass is 14.2. The van der Waals surface area contributed by atoms with Gasteiger partial charge in [0.25, 0.3) is 0 Å². The lowest BCUT2D eigenvalue weighted by Gasteiger charge is -2.18. The van der Waals surface area contributed by atoms with E-state index >= 15 is 0 Å². The van der Waals surface area contributed by atoms with Crippen molar-refractivity contribution in [2.75, 3.05) is 0 Å². The zero-order valence-electron chi connectivity index (χ0n) is 27.8. The molecule has 0 aliphatic carbocycles. The summed E-state index contributed by atoms with van der Waals surface area (Å²) in [7, 11) is 0. The first-order valence-electron chi connectivity index (χ1n) is 16.1. The Hall–Kier alpha value is -4.42. The minimum atomic E-state index is -0.504. The zero-order valence-corrected chi connectivity index (χ0v) is 17.8. The Kier molecular flexibility index (Phi) is 2.15. The number of fused-ring (bicyclic) bond motifs is 4. The molecule has 0 aliphatic rings. The van der Waals surface area contributed by atoms with E-state index in [1.807, 2.05) is 48.5 Å². The lowest BCUT2D eigenvalue weighted by atomic mass is 9.85. The van der Waals surface area contributed by atoms with Gasteiger partial charge in [0, 0.05) is 0 Å². The second-order valence-electron chi connectivity index (χ2n) is 8.55. The molecule has 0 saturated heterocycles. The predicted molar refractivity (Wildman–Crippen MR) is 148 cm³/mol. The van der Waals surface area contributed by atoms with Crippen molar-refractivity contribution in [1.29, 1.82) is 0 Å². The van der Waals surface area contributed by atoms with Crippen molar-refractivity contribution in [3.8, 4) is 11.1 Å². The fourth-order valence-corrected chi connectivity index (χ4v) is 5.38. The van der Waals surface area contributed by atoms with Gasteiger partial charge in [-0.25, -0.2) is 0 Å². The Labute approximate surface area is 211 Å². The maximum atomic E-state index is 9.21. The number of rotatable bonds is 1. The summed E-state index contributed by atoms with van der Waals surface area (Å²) in [5.41, 5.74) is 0.938. The highest BCUT2D eigenvalue weighted by Crippen LogP contribution is 2.45. The fraction of sp³-hybridized carbons (Fsp3) is 0. The molecule has 8 aromatic carbocycles. The topological polar surface area (TPSA) is 0 Å². The predicted octanol–water partition coefficient (Wildman–Crippen LogP) is 9.71. The van der Waals surface area contributed by atoms with Crippen LogP contribution in [0.1, 0.15) is 13.7 Å². The minimum absolute atomic E-state index is 0.00254. The van der Waals surface area contributed by atoms with E-state index in [1.165, 1.54) is 6.07 Å². The molecule has 0 spiro atoms. The third kappa shape index (κ3) is 2.32. The van der Waals surface area contributed by atoms with E-state index in [0.717, 1.165) is 32.3 Å². The van der Waals surface area contributed by atoms with E-state index in [2.05, 4.69) is 6.07 Å². The first kappa shape index (κ1) is 11.1. The van der Waals surface area contributed by atoms with Gasteiger partial charge in [0.05, 0.1) is 13.7 Å². The molecule has 0 heterocycles. The van der Waals surface area contributed by atoms with Crippen molar-refractivity contribution in [2.24, 2.45) is 0 Å². The molecule has 8 aromatic rings. The molecule has 0 fully saturated rings. The minimum Gasteiger partial charge on any atom is -0.0616 e. The summed E-state index contributed by atoms with van der Waals surface area (Å²) < 4.78 is 87.3. The molecule has 34 heavy (non-hydrogen) atoms. The van der Waals surface area contributed by atoms with Crippen molar-refractivity contribution >= 4 is 64.6 Å². The van der Waals surface area contributed by atoms with Gasteiger partial charge in [-0.2, -0.15) is 0 Å². The summed E-state index contributed by atoms with van der Waals surface area (Å²) >= 11 is 0. The van der Waals surface area contributed by atoms with Crippen LogP contribution in [0.4, 0.5) is 0 Å². The van der Waals surface area contributed by atoms with Crippen LogP contribution in [-0.2, 0) is 0 Å². The molecule has 0 amide bonds. The summed E-state index contributed by atoms with van der Waals surface area (Å²) in [4.78, 5) is 0. The molecule has 0 aliphatic heterocycles. The van der Waals surface area contributed by atoms with Crippen LogP contribution in [0, 0.1) is 0 Å². The summed E-state index contributed by atoms with van der Waals surface area (Å²) in [6.07, 6.45) is 0. The Morgan fingerprint density at radius 2 is 1.12 bits per heavy atom. The molecule has 8 rings (SSSR count). The van der Waals surface area contributed by atoms with Gasteiger partial charge in [0.1, 0.15) is 0 Å². The van der Waals surface area contributed by atoms with Crippen LogP contribution >= 0.6 is 0 Å². The summed E-state index contributed by atoms with van der Waals surface area (Å²) in [5.74, 6) is 0. The first-order chi connectivity index (χ1) is 21.0. The monoisotopic (exact) mass is 438 g/mol. The standard InChI is InChI=1S/C34H20/c1-3-10-27-21(6-1)12-15-26-20-25-7-2-4-11-28(25)34(33(26)27)30-19-17-24-14-13-22-8-5-9-23-16-18-29(30)32(24)31(22)23/h1-20H/i1D,2D,3D,4D,6D,7D,11D,12D,15D,20D. The van der Waals surface area contributed by atoms with Crippen molar-refractivity contribution in [1.82, 2.24) is 0 Å². The third-order valence-electron chi connectivity index (χ3n) is 6.81. The van der Waals surface area contributed by atoms with E-state index in [9.17, 15) is 1.37 Å². The molecular weight excluding hydrogens is 408 g/mol. The van der Waals surface area contributed by atoms with Gasteiger partial charge >= 0.3 is 0 Å². The lowest BCUT2D eigenvalue weighted by Crippen LogP contribution is -1.91. The zero-order chi connectivity index (χ0) is 30.9. The molecule has 0 bridgehead atoms. The van der Waals surface area contributed by atoms with Crippen molar-refractivity contribution in [3.63, 3.8) is 0 Å². The number of hydrogen-bond acceptors (Lipinski definition) is 0. The molecular formula is C34H20. The van der Waals surface area contributed by atoms with Crippen molar-refractivity contribution < 1.29 is 13.7 Å². The third-order valence-corrected chi connectivity index (χ3v) is 6.81. The van der Waals surface area contributed by atoms with Crippen molar-refractivity contribution in [3.05, 3.63) is 121 Å². The largest absolute Gasteiger partial charge is 0.0636 e. The summed E-state index contributed by atoms with van der Waals surface area (Å²) in [6.45, 7) is 0. The van der Waals surface area contributed by atoms with Crippen LogP contribution in [-0.4, -0.2) is 0 Å². The van der Waals surface area contributed by atoms with E-state index in [4.69, 9.17) is 12.3 Å². The molecule has 0 unspecified atom stereocenters. The van der Waals surface area contributed by atoms with Crippen LogP contribution in [0.25, 0.3) is 75.8 Å². The highest BCUT2D eigenvalue weighted by molar-refractivity contribution is 6.29. The molecule has 156 valence electrons. The normalized spacial score (nSPS) is 16.2. The van der Waals surface area contributed by atoms with Gasteiger partial charge in [0.15, 0.2) is 0 Å². The Morgan fingerprint density at radius 1 is 0.412 bits per heavy atom. The SMILES string of the molecule is [2H]c1cc2c(c([2H])c1[2H])c([2H])c([2H])c1c([2H])c3c([2H])c([2H])c([2H])c([2H])c3c(-c3ccc4ccc5cccc6ccc3c4c56)c12. The van der Waals surface area contributed by atoms with E-state index < -0.39 is 18.1 Å². The molecule has 0 atom stereocenters. The van der Waals surface area contributed by atoms with Crippen LogP contribution in [0.3, 0.4) is 0 Å². The molecule has 0 saturated carbocycles. The maximum absolute atomic E-state index is 9.21. The van der Waals surface area contributed by atoms with E-state index in [-0.39, 0.29) is 74.6 Å². The summed E-state index contributed by atoms with van der Waals surface area (Å²) in [5, 5.41) is 6.32. The second kappa shape index (κ2) is 6.56. The van der Waals surface area contributed by atoms with Crippen LogP contribution in [0.2, 0.25) is 0 Å². The van der Waals surface area contributed by atoms with Crippen LogP contribution in [0.15, 0.2) is 121 Å². The molecule has 0 N–H and O–H groups in total. The van der Waals surface area contributed by atoms with Gasteiger partial charge in [-0.3, -0.25) is 0 Å². The van der Waals surface area contributed by atoms with Crippen LogP contribution in [0.5, 0.6) is 0 Å². The quantitative estimate of drug-likeness (QED) is 0.177. The van der Waals surface area contributed by atoms with Gasteiger partial charge in [-0.15, -0.1) is 0 Å². The van der Waals surface area contributed by atoms with Gasteiger partial charge in [-0.05, 0) is 81.8 Å². The molecule has 0 aromatic heterocycles. The van der Waals surface area contributed by atoms with E-state index in [0.29, 0.717) is 11.1 Å². The van der Waals surface area contributed by atoms with Gasteiger partial charge < -0.3 is 0 Å². The number of benzene rings is 8. The average Bonchev–Trinajstić information content (AvgIpc) is 3.02.